The molecule has 2 atom stereocenters. The number of benzene rings is 1. The van der Waals surface area contributed by atoms with E-state index in [1.165, 1.54) is 28.4 Å². The van der Waals surface area contributed by atoms with Crippen molar-refractivity contribution in [2.45, 2.75) is 91.8 Å². The van der Waals surface area contributed by atoms with Crippen molar-refractivity contribution in [1.82, 2.24) is 20.1 Å². The summed E-state index contributed by atoms with van der Waals surface area (Å²) in [6.07, 6.45) is 0.831. The second kappa shape index (κ2) is 11.7. The van der Waals surface area contributed by atoms with Crippen molar-refractivity contribution in [3.05, 3.63) is 40.8 Å². The molecule has 1 saturated heterocycles. The smallest absolute Gasteiger partial charge is 0.413 e. The van der Waals surface area contributed by atoms with Gasteiger partial charge in [-0.25, -0.2) is 14.2 Å². The number of aryl methyl sites for hydroxylation is 1. The van der Waals surface area contributed by atoms with Gasteiger partial charge in [-0.1, -0.05) is 22.9 Å². The number of pyridine rings is 1. The Bertz CT molecular complexity index is 1420. The molecule has 222 valence electrons. The van der Waals surface area contributed by atoms with Gasteiger partial charge in [0, 0.05) is 29.4 Å². The van der Waals surface area contributed by atoms with E-state index >= 15 is 4.39 Å². The highest BCUT2D eigenvalue weighted by atomic mass is 35.5. The summed E-state index contributed by atoms with van der Waals surface area (Å²) in [6.45, 7) is 16.8. The molecular weight excluding hydrogens is 569 g/mol. The van der Waals surface area contributed by atoms with Gasteiger partial charge >= 0.3 is 6.09 Å². The van der Waals surface area contributed by atoms with Gasteiger partial charge in [-0.05, 0) is 80.0 Å². The van der Waals surface area contributed by atoms with Gasteiger partial charge in [-0.15, -0.1) is 10.2 Å². The normalized spacial score (nSPS) is 18.6. The molecule has 1 aliphatic rings. The Morgan fingerprint density at radius 3 is 2.56 bits per heavy atom. The molecule has 4 rings (SSSR count). The number of anilines is 1. The quantitative estimate of drug-likeness (QED) is 0.299. The first-order chi connectivity index (χ1) is 19.1. The first-order valence-corrected chi connectivity index (χ1v) is 14.6. The molecule has 1 N–H and O–H groups in total. The predicted molar refractivity (Wildman–Crippen MR) is 159 cm³/mol. The van der Waals surface area contributed by atoms with Gasteiger partial charge in [0.15, 0.2) is 11.6 Å². The standard InChI is InChI=1S/C29H37ClFN5O4S/c1-15(2)33-24-16(3)10-18(13-32-24)25-34-35-26(41-25)19-11-21(31)23(12-20(19)30)38-14-22-17(4)39-29(8,9)36(22)27(37)40-28(5,6)7/h10-13,15,17,22H,14H2,1-9H3,(H,32,33)/t17-,22+/m1/s1. The number of nitrogens with one attached hydrogen (secondary N) is 1. The zero-order chi connectivity index (χ0) is 30.3. The minimum atomic E-state index is -0.926. The van der Waals surface area contributed by atoms with E-state index < -0.39 is 29.3 Å². The monoisotopic (exact) mass is 605 g/mol. The Morgan fingerprint density at radius 2 is 1.93 bits per heavy atom. The number of hydrogen-bond donors (Lipinski definition) is 1. The highest BCUT2D eigenvalue weighted by molar-refractivity contribution is 7.18. The van der Waals surface area contributed by atoms with Crippen LogP contribution in [0.15, 0.2) is 24.4 Å². The molecular formula is C29H37ClFN5O4S. The first kappa shape index (κ1) is 30.9. The summed E-state index contributed by atoms with van der Waals surface area (Å²) < 4.78 is 32.7. The summed E-state index contributed by atoms with van der Waals surface area (Å²) in [5.74, 6) is 0.153. The molecule has 0 aliphatic carbocycles. The van der Waals surface area contributed by atoms with Crippen LogP contribution in [0.4, 0.5) is 15.0 Å². The minimum Gasteiger partial charge on any atom is -0.488 e. The lowest BCUT2D eigenvalue weighted by Crippen LogP contribution is -2.52. The van der Waals surface area contributed by atoms with Crippen LogP contribution in [0.1, 0.15) is 61.0 Å². The van der Waals surface area contributed by atoms with Crippen LogP contribution in [0.2, 0.25) is 5.02 Å². The summed E-state index contributed by atoms with van der Waals surface area (Å²) in [7, 11) is 0. The van der Waals surface area contributed by atoms with Crippen LogP contribution in [-0.2, 0) is 9.47 Å². The van der Waals surface area contributed by atoms with E-state index in [-0.39, 0.29) is 29.5 Å². The van der Waals surface area contributed by atoms with Gasteiger partial charge in [0.1, 0.15) is 33.8 Å². The fourth-order valence-corrected chi connectivity index (χ4v) is 5.77. The molecule has 3 aromatic rings. The zero-order valence-electron chi connectivity index (χ0n) is 24.8. The first-order valence-electron chi connectivity index (χ1n) is 13.4. The van der Waals surface area contributed by atoms with Crippen LogP contribution in [0.25, 0.3) is 21.1 Å². The van der Waals surface area contributed by atoms with E-state index in [4.69, 9.17) is 25.8 Å². The maximum atomic E-state index is 15.3. The fourth-order valence-electron chi connectivity index (χ4n) is 4.62. The number of halogens is 2. The molecule has 41 heavy (non-hydrogen) atoms. The molecule has 0 spiro atoms. The Kier molecular flexibility index (Phi) is 8.82. The van der Waals surface area contributed by atoms with Gasteiger partial charge < -0.3 is 19.5 Å². The number of carbonyl (C=O) groups is 1. The highest BCUT2D eigenvalue weighted by Crippen LogP contribution is 2.38. The number of aromatic nitrogens is 3. The third kappa shape index (κ3) is 7.07. The van der Waals surface area contributed by atoms with Gasteiger partial charge in [-0.3, -0.25) is 4.90 Å². The van der Waals surface area contributed by atoms with Crippen molar-refractivity contribution in [1.29, 1.82) is 0 Å². The van der Waals surface area contributed by atoms with Crippen molar-refractivity contribution in [3.8, 4) is 26.9 Å². The van der Waals surface area contributed by atoms with E-state index in [0.29, 0.717) is 15.6 Å². The number of hydrogen-bond acceptors (Lipinski definition) is 9. The van der Waals surface area contributed by atoms with Crippen LogP contribution in [0.3, 0.4) is 0 Å². The number of amides is 1. The summed E-state index contributed by atoms with van der Waals surface area (Å²) in [5, 5.41) is 13.2. The molecule has 1 aliphatic heterocycles. The van der Waals surface area contributed by atoms with Crippen molar-refractivity contribution >= 4 is 34.8 Å². The SMILES string of the molecule is Cc1cc(-c2nnc(-c3cc(F)c(OC[C@H]4[C@@H](C)OC(C)(C)N4C(=O)OC(C)(C)C)cc3Cl)s2)cnc1NC(C)C. The van der Waals surface area contributed by atoms with E-state index in [1.807, 2.05) is 33.8 Å². The molecule has 0 radical (unpaired) electrons. The summed E-state index contributed by atoms with van der Waals surface area (Å²) in [5.41, 5.74) is 0.576. The van der Waals surface area contributed by atoms with Crippen LogP contribution >= 0.6 is 22.9 Å². The second-order valence-electron chi connectivity index (χ2n) is 11.9. The van der Waals surface area contributed by atoms with E-state index in [2.05, 4.69) is 20.5 Å². The Hall–Kier alpha value is -3.02. The molecule has 3 heterocycles. The van der Waals surface area contributed by atoms with Crippen LogP contribution in [-0.4, -0.2) is 62.3 Å². The number of ether oxygens (including phenoxy) is 3. The van der Waals surface area contributed by atoms with Crippen LogP contribution in [0, 0.1) is 12.7 Å². The van der Waals surface area contributed by atoms with Crippen LogP contribution in [0.5, 0.6) is 5.75 Å². The van der Waals surface area contributed by atoms with Gasteiger partial charge in [0.05, 0.1) is 17.2 Å². The fraction of sp³-hybridized carbons (Fsp3) is 0.517. The van der Waals surface area contributed by atoms with Gasteiger partial charge in [0.25, 0.3) is 0 Å². The third-order valence-electron chi connectivity index (χ3n) is 6.36. The summed E-state index contributed by atoms with van der Waals surface area (Å²) >= 11 is 7.86. The number of rotatable bonds is 7. The van der Waals surface area contributed by atoms with E-state index in [1.54, 1.807) is 40.8 Å². The average molecular weight is 606 g/mol. The number of nitrogens with zero attached hydrogens (tertiary/aromatic N) is 4. The third-order valence-corrected chi connectivity index (χ3v) is 7.67. The summed E-state index contributed by atoms with van der Waals surface area (Å²) in [4.78, 5) is 19.0. The maximum absolute atomic E-state index is 15.3. The minimum absolute atomic E-state index is 0.0204. The molecule has 0 bridgehead atoms. The van der Waals surface area contributed by atoms with E-state index in [0.717, 1.165) is 16.9 Å². The van der Waals surface area contributed by atoms with Crippen LogP contribution < -0.4 is 10.1 Å². The zero-order valence-corrected chi connectivity index (χ0v) is 26.4. The molecule has 1 amide bonds. The lowest BCUT2D eigenvalue weighted by atomic mass is 10.1. The Balaban J connectivity index is 1.51. The summed E-state index contributed by atoms with van der Waals surface area (Å²) in [6, 6.07) is 4.43. The molecule has 0 saturated carbocycles. The highest BCUT2D eigenvalue weighted by Gasteiger charge is 2.50. The molecule has 12 heteroatoms. The lowest BCUT2D eigenvalue weighted by Gasteiger charge is -2.35. The van der Waals surface area contributed by atoms with Crippen molar-refractivity contribution in [2.75, 3.05) is 11.9 Å². The lowest BCUT2D eigenvalue weighted by molar-refractivity contribution is -0.0760. The average Bonchev–Trinajstić information content (AvgIpc) is 3.41. The topological polar surface area (TPSA) is 98.7 Å². The van der Waals surface area contributed by atoms with Crippen molar-refractivity contribution < 1.29 is 23.4 Å². The largest absolute Gasteiger partial charge is 0.488 e. The van der Waals surface area contributed by atoms with Crippen molar-refractivity contribution in [3.63, 3.8) is 0 Å². The molecule has 9 nitrogen and oxygen atoms in total. The molecule has 1 fully saturated rings. The molecule has 1 aromatic carbocycles. The van der Waals surface area contributed by atoms with Gasteiger partial charge in [0.2, 0.25) is 0 Å². The van der Waals surface area contributed by atoms with E-state index in [9.17, 15) is 4.79 Å². The Labute approximate surface area is 249 Å². The molecule has 2 aromatic heterocycles. The number of carbonyl (C=O) groups excluding carboxylic acids is 1. The predicted octanol–water partition coefficient (Wildman–Crippen LogP) is 7.33. The maximum Gasteiger partial charge on any atom is 0.413 e. The Morgan fingerprint density at radius 1 is 1.24 bits per heavy atom. The van der Waals surface area contributed by atoms with Gasteiger partial charge in [-0.2, -0.15) is 0 Å². The second-order valence-corrected chi connectivity index (χ2v) is 13.2. The van der Waals surface area contributed by atoms with Crippen molar-refractivity contribution in [2.24, 2.45) is 0 Å². The molecule has 0 unspecified atom stereocenters.